The largest absolute Gasteiger partial charge is 0.318 e. The lowest BCUT2D eigenvalue weighted by molar-refractivity contribution is -0.384. The van der Waals surface area contributed by atoms with Gasteiger partial charge in [0.25, 0.3) is 11.6 Å². The average molecular weight is 428 g/mol. The molecule has 5 rings (SSSR count). The van der Waals surface area contributed by atoms with E-state index in [0.29, 0.717) is 17.9 Å². The van der Waals surface area contributed by atoms with Crippen molar-refractivity contribution in [2.75, 3.05) is 5.32 Å². The Balaban J connectivity index is 1.27. The van der Waals surface area contributed by atoms with Crippen molar-refractivity contribution in [3.8, 4) is 5.69 Å². The van der Waals surface area contributed by atoms with E-state index in [1.54, 1.807) is 35.4 Å². The van der Waals surface area contributed by atoms with Gasteiger partial charge in [-0.2, -0.15) is 10.2 Å². The number of non-ortho nitro benzene ring substituents is 1. The first-order chi connectivity index (χ1) is 15.5. The molecule has 11 nitrogen and oxygen atoms in total. The van der Waals surface area contributed by atoms with Crippen LogP contribution in [0.4, 0.5) is 11.4 Å². The second-order valence-corrected chi connectivity index (χ2v) is 7.00. The van der Waals surface area contributed by atoms with Gasteiger partial charge in [-0.3, -0.25) is 19.6 Å². The summed E-state index contributed by atoms with van der Waals surface area (Å²) in [5.41, 5.74) is 2.81. The van der Waals surface area contributed by atoms with Gasteiger partial charge < -0.3 is 9.72 Å². The molecule has 1 N–H and O–H groups in total. The summed E-state index contributed by atoms with van der Waals surface area (Å²) < 4.78 is 5.02. The Morgan fingerprint density at radius 2 is 2.00 bits per heavy atom. The fourth-order valence-electron chi connectivity index (χ4n) is 3.28. The Bertz CT molecular complexity index is 1420. The smallest absolute Gasteiger partial charge is 0.276 e. The predicted octanol–water partition coefficient (Wildman–Crippen LogP) is 2.93. The molecule has 1 aromatic carbocycles. The second-order valence-electron chi connectivity index (χ2n) is 7.00. The van der Waals surface area contributed by atoms with E-state index in [4.69, 9.17) is 0 Å². The molecule has 0 aliphatic heterocycles. The van der Waals surface area contributed by atoms with Crippen molar-refractivity contribution >= 4 is 22.9 Å². The highest BCUT2D eigenvalue weighted by Gasteiger charge is 2.13. The zero-order chi connectivity index (χ0) is 22.1. The molecule has 0 fully saturated rings. The first-order valence-electron chi connectivity index (χ1n) is 9.62. The summed E-state index contributed by atoms with van der Waals surface area (Å²) in [5, 5.41) is 22.2. The number of benzene rings is 1. The van der Waals surface area contributed by atoms with Crippen LogP contribution in [0.1, 0.15) is 16.2 Å². The maximum Gasteiger partial charge on any atom is 0.276 e. The summed E-state index contributed by atoms with van der Waals surface area (Å²) in [6.07, 6.45) is 8.68. The molecular formula is C21H16N8O3. The van der Waals surface area contributed by atoms with E-state index in [1.807, 2.05) is 35.0 Å². The van der Waals surface area contributed by atoms with Gasteiger partial charge in [0.2, 0.25) is 0 Å². The van der Waals surface area contributed by atoms with Crippen LogP contribution in [0, 0.1) is 10.1 Å². The summed E-state index contributed by atoms with van der Waals surface area (Å²) in [5.74, 6) is -0.415. The number of rotatable bonds is 6. The normalized spacial score (nSPS) is 11.0. The molecule has 0 saturated carbocycles. The molecule has 0 saturated heterocycles. The lowest BCUT2D eigenvalue weighted by atomic mass is 10.3. The van der Waals surface area contributed by atoms with Crippen LogP contribution >= 0.6 is 0 Å². The fraction of sp³-hybridized carbons (Fsp3) is 0.0476. The number of amides is 1. The Morgan fingerprint density at radius 1 is 1.09 bits per heavy atom. The molecule has 0 unspecified atom stereocenters. The number of anilines is 1. The van der Waals surface area contributed by atoms with Crippen molar-refractivity contribution < 1.29 is 9.72 Å². The molecule has 11 heteroatoms. The topological polar surface area (TPSA) is 125 Å². The summed E-state index contributed by atoms with van der Waals surface area (Å²) in [4.78, 5) is 27.6. The van der Waals surface area contributed by atoms with Gasteiger partial charge in [0.1, 0.15) is 5.65 Å². The molecule has 0 aliphatic rings. The number of imidazole rings is 1. The Morgan fingerprint density at radius 3 is 2.84 bits per heavy atom. The number of aromatic nitrogens is 6. The molecular weight excluding hydrogens is 412 g/mol. The number of hydrogen-bond donors (Lipinski definition) is 1. The molecule has 32 heavy (non-hydrogen) atoms. The first kappa shape index (κ1) is 19.2. The fourth-order valence-corrected chi connectivity index (χ4v) is 3.28. The molecule has 4 aromatic heterocycles. The summed E-state index contributed by atoms with van der Waals surface area (Å²) in [6.45, 7) is 0.457. The number of carbonyl (C=O) groups excluding carboxylic acids is 1. The molecule has 0 radical (unpaired) electrons. The summed E-state index contributed by atoms with van der Waals surface area (Å²) in [7, 11) is 0. The minimum absolute atomic E-state index is 0.0537. The quantitative estimate of drug-likeness (QED) is 0.327. The Labute approximate surface area is 180 Å². The zero-order valence-electron chi connectivity index (χ0n) is 16.6. The van der Waals surface area contributed by atoms with Crippen molar-refractivity contribution in [1.29, 1.82) is 0 Å². The molecule has 0 atom stereocenters. The lowest BCUT2D eigenvalue weighted by Gasteiger charge is -2.01. The number of hydrogen-bond acceptors (Lipinski definition) is 6. The van der Waals surface area contributed by atoms with E-state index < -0.39 is 10.8 Å². The van der Waals surface area contributed by atoms with Crippen molar-refractivity contribution in [1.82, 2.24) is 28.9 Å². The second kappa shape index (κ2) is 7.80. The third kappa shape index (κ3) is 3.81. The van der Waals surface area contributed by atoms with Crippen molar-refractivity contribution in [2.24, 2.45) is 0 Å². The summed E-state index contributed by atoms with van der Waals surface area (Å²) in [6, 6.07) is 13.3. The van der Waals surface area contributed by atoms with E-state index in [9.17, 15) is 14.9 Å². The Hall–Kier alpha value is -4.80. The maximum atomic E-state index is 12.6. The van der Waals surface area contributed by atoms with E-state index in [1.165, 1.54) is 22.9 Å². The first-order valence-corrected chi connectivity index (χ1v) is 9.62. The highest BCUT2D eigenvalue weighted by Crippen LogP contribution is 2.17. The SMILES string of the molecule is O=C(Nc1cnn(Cc2cn3ccccc3n2)c1)c1ccn(-c2cccc([N+](=O)[O-])c2)n1. The molecule has 158 valence electrons. The lowest BCUT2D eigenvalue weighted by Crippen LogP contribution is -2.13. The number of nitrogens with one attached hydrogen (secondary N) is 1. The van der Waals surface area contributed by atoms with Crippen LogP contribution in [0.5, 0.6) is 0 Å². The number of nitro groups is 1. The number of carbonyl (C=O) groups is 1. The van der Waals surface area contributed by atoms with E-state index in [-0.39, 0.29) is 11.4 Å². The van der Waals surface area contributed by atoms with Crippen molar-refractivity contribution in [2.45, 2.75) is 6.54 Å². The average Bonchev–Trinajstić information content (AvgIpc) is 3.53. The number of nitro benzene ring substituents is 1. The molecule has 4 heterocycles. The predicted molar refractivity (Wildman–Crippen MR) is 115 cm³/mol. The molecule has 5 aromatic rings. The Kier molecular flexibility index (Phi) is 4.67. The van der Waals surface area contributed by atoms with Gasteiger partial charge in [-0.15, -0.1) is 0 Å². The monoisotopic (exact) mass is 428 g/mol. The van der Waals surface area contributed by atoms with Gasteiger partial charge in [-0.05, 0) is 24.3 Å². The molecule has 1 amide bonds. The minimum atomic E-state index is -0.482. The number of nitrogens with zero attached hydrogens (tertiary/aromatic N) is 7. The van der Waals surface area contributed by atoms with Gasteiger partial charge >= 0.3 is 0 Å². The van der Waals surface area contributed by atoms with Crippen LogP contribution < -0.4 is 5.32 Å². The highest BCUT2D eigenvalue weighted by molar-refractivity contribution is 6.02. The van der Waals surface area contributed by atoms with Crippen LogP contribution in [0.25, 0.3) is 11.3 Å². The zero-order valence-corrected chi connectivity index (χ0v) is 16.6. The van der Waals surface area contributed by atoms with E-state index in [2.05, 4.69) is 20.5 Å². The third-order valence-electron chi connectivity index (χ3n) is 4.76. The van der Waals surface area contributed by atoms with Crippen molar-refractivity contribution in [3.63, 3.8) is 0 Å². The van der Waals surface area contributed by atoms with E-state index in [0.717, 1.165) is 11.3 Å². The van der Waals surface area contributed by atoms with Crippen LogP contribution in [-0.2, 0) is 6.54 Å². The van der Waals surface area contributed by atoms with Crippen LogP contribution in [-0.4, -0.2) is 39.8 Å². The van der Waals surface area contributed by atoms with Gasteiger partial charge in [0.15, 0.2) is 5.69 Å². The van der Waals surface area contributed by atoms with Crippen LogP contribution in [0.3, 0.4) is 0 Å². The molecule has 0 spiro atoms. The standard InChI is InChI=1S/C21H16N8O3/c30-21(19-7-9-28(25-19)17-4-3-5-18(10-17)29(31)32)24-15-11-22-27(13-15)14-16-12-26-8-2-1-6-20(26)23-16/h1-13H,14H2,(H,24,30). The molecule has 0 aliphatic carbocycles. The van der Waals surface area contributed by atoms with Gasteiger partial charge in [0.05, 0.1) is 34.7 Å². The third-order valence-corrected chi connectivity index (χ3v) is 4.76. The minimum Gasteiger partial charge on any atom is -0.318 e. The van der Waals surface area contributed by atoms with Crippen molar-refractivity contribution in [3.05, 3.63) is 101 Å². The van der Waals surface area contributed by atoms with Crippen LogP contribution in [0.2, 0.25) is 0 Å². The van der Waals surface area contributed by atoms with E-state index >= 15 is 0 Å². The van der Waals surface area contributed by atoms with Gasteiger partial charge in [-0.1, -0.05) is 12.1 Å². The summed E-state index contributed by atoms with van der Waals surface area (Å²) >= 11 is 0. The number of fused-ring (bicyclic) bond motifs is 1. The highest BCUT2D eigenvalue weighted by atomic mass is 16.6. The van der Waals surface area contributed by atoms with Crippen LogP contribution in [0.15, 0.2) is 79.5 Å². The van der Waals surface area contributed by atoms with Gasteiger partial charge in [-0.25, -0.2) is 9.67 Å². The maximum absolute atomic E-state index is 12.6. The molecule has 0 bridgehead atoms. The number of pyridine rings is 1. The van der Waals surface area contributed by atoms with Gasteiger partial charge in [0, 0.05) is 36.9 Å².